The Kier molecular flexibility index (Phi) is 5.14. The van der Waals surface area contributed by atoms with Crippen LogP contribution in [0.3, 0.4) is 0 Å². The Hall–Kier alpha value is -2.36. The first-order valence-electron chi connectivity index (χ1n) is 8.73. The van der Waals surface area contributed by atoms with Gasteiger partial charge in [-0.2, -0.15) is 0 Å². The Morgan fingerprint density at radius 3 is 2.50 bits per heavy atom. The lowest BCUT2D eigenvalue weighted by Crippen LogP contribution is -2.24. The molecule has 1 saturated heterocycles. The Labute approximate surface area is 143 Å². The minimum absolute atomic E-state index is 0.154. The molecule has 3 rings (SSSR count). The van der Waals surface area contributed by atoms with Gasteiger partial charge in [-0.25, -0.2) is 0 Å². The van der Waals surface area contributed by atoms with Gasteiger partial charge >= 0.3 is 0 Å². The first-order valence-corrected chi connectivity index (χ1v) is 8.73. The van der Waals surface area contributed by atoms with Crippen LogP contribution in [0, 0.1) is 13.8 Å². The van der Waals surface area contributed by atoms with E-state index in [0.29, 0.717) is 5.69 Å². The van der Waals surface area contributed by atoms with Crippen LogP contribution in [0.4, 0.5) is 11.4 Å². The number of amides is 1. The van der Waals surface area contributed by atoms with Crippen LogP contribution in [0.2, 0.25) is 0 Å². The number of nitrogens with one attached hydrogen (secondary N) is 1. The highest BCUT2D eigenvalue weighted by molar-refractivity contribution is 6.03. The van der Waals surface area contributed by atoms with Crippen LogP contribution in [0.25, 0.3) is 0 Å². The van der Waals surface area contributed by atoms with Crippen LogP contribution in [-0.4, -0.2) is 24.0 Å². The van der Waals surface area contributed by atoms with E-state index in [9.17, 15) is 4.79 Å². The predicted molar refractivity (Wildman–Crippen MR) is 98.8 cm³/mol. The topological polar surface area (TPSA) is 45.2 Å². The number of hydrogen-bond donors (Lipinski definition) is 1. The molecule has 0 unspecified atom stereocenters. The minimum atomic E-state index is -0.154. The van der Waals surface area contributed by atoms with Crippen molar-refractivity contribution in [2.75, 3.05) is 23.3 Å². The molecule has 0 aliphatic carbocycles. The van der Waals surface area contributed by atoms with Gasteiger partial charge < -0.3 is 10.2 Å². The van der Waals surface area contributed by atoms with Gasteiger partial charge in [0.25, 0.3) is 5.91 Å². The first kappa shape index (κ1) is 16.5. The summed E-state index contributed by atoms with van der Waals surface area (Å²) in [5.74, 6) is -0.154. The number of pyridine rings is 1. The Morgan fingerprint density at radius 2 is 1.79 bits per heavy atom. The fourth-order valence-electron chi connectivity index (χ4n) is 3.21. The van der Waals surface area contributed by atoms with Crippen LogP contribution in [0.1, 0.15) is 47.3 Å². The molecule has 2 heterocycles. The predicted octanol–water partition coefficient (Wildman–Crippen LogP) is 4.33. The van der Waals surface area contributed by atoms with E-state index in [1.165, 1.54) is 31.2 Å². The van der Waals surface area contributed by atoms with Crippen molar-refractivity contribution in [3.05, 3.63) is 53.3 Å². The molecule has 1 aromatic carbocycles. The van der Waals surface area contributed by atoms with Gasteiger partial charge in [-0.1, -0.05) is 30.5 Å². The molecule has 1 amide bonds. The van der Waals surface area contributed by atoms with Crippen molar-refractivity contribution in [2.45, 2.75) is 39.5 Å². The van der Waals surface area contributed by atoms with E-state index in [1.54, 1.807) is 6.20 Å². The number of hydrogen-bond acceptors (Lipinski definition) is 3. The molecule has 0 saturated carbocycles. The number of benzene rings is 1. The number of rotatable bonds is 3. The molecule has 1 aromatic heterocycles. The zero-order valence-corrected chi connectivity index (χ0v) is 14.5. The number of carbonyl (C=O) groups excluding carboxylic acids is 1. The number of aryl methyl sites for hydroxylation is 2. The zero-order valence-electron chi connectivity index (χ0n) is 14.5. The second-order valence-electron chi connectivity index (χ2n) is 6.57. The summed E-state index contributed by atoms with van der Waals surface area (Å²) in [5.41, 5.74) is 4.65. The van der Waals surface area contributed by atoms with E-state index in [0.717, 1.165) is 30.0 Å². The molecule has 0 spiro atoms. The zero-order chi connectivity index (χ0) is 16.9. The third-order valence-electron chi connectivity index (χ3n) is 4.58. The van der Waals surface area contributed by atoms with Gasteiger partial charge in [0.05, 0.1) is 0 Å². The van der Waals surface area contributed by atoms with Crippen LogP contribution >= 0.6 is 0 Å². The standard InChI is InChI=1S/C20H25N3O/c1-15-7-8-18(16(2)13-15)22-20(24)19-14-17(9-10-21-19)23-11-5-3-4-6-12-23/h7-10,13-14H,3-6,11-12H2,1-2H3,(H,22,24). The molecule has 0 radical (unpaired) electrons. The Morgan fingerprint density at radius 1 is 1.04 bits per heavy atom. The van der Waals surface area contributed by atoms with E-state index >= 15 is 0 Å². The van der Waals surface area contributed by atoms with Crippen molar-refractivity contribution in [3.8, 4) is 0 Å². The normalized spacial score (nSPS) is 15.0. The summed E-state index contributed by atoms with van der Waals surface area (Å²) < 4.78 is 0. The maximum absolute atomic E-state index is 12.6. The molecule has 24 heavy (non-hydrogen) atoms. The van der Waals surface area contributed by atoms with Gasteiger partial charge in [0.15, 0.2) is 0 Å². The maximum atomic E-state index is 12.6. The quantitative estimate of drug-likeness (QED) is 0.914. The van der Waals surface area contributed by atoms with Crippen LogP contribution in [-0.2, 0) is 0 Å². The van der Waals surface area contributed by atoms with Gasteiger partial charge in [-0.3, -0.25) is 9.78 Å². The van der Waals surface area contributed by atoms with Crippen molar-refractivity contribution in [3.63, 3.8) is 0 Å². The molecule has 0 bridgehead atoms. The third kappa shape index (κ3) is 3.94. The maximum Gasteiger partial charge on any atom is 0.274 e. The van der Waals surface area contributed by atoms with Crippen molar-refractivity contribution in [1.82, 2.24) is 4.98 Å². The summed E-state index contributed by atoms with van der Waals surface area (Å²) in [6.07, 6.45) is 6.75. The van der Waals surface area contributed by atoms with Crippen molar-refractivity contribution >= 4 is 17.3 Å². The van der Waals surface area contributed by atoms with Crippen LogP contribution < -0.4 is 10.2 Å². The summed E-state index contributed by atoms with van der Waals surface area (Å²) in [6, 6.07) is 9.92. The minimum Gasteiger partial charge on any atom is -0.371 e. The number of nitrogens with zero attached hydrogens (tertiary/aromatic N) is 2. The highest BCUT2D eigenvalue weighted by Gasteiger charge is 2.14. The van der Waals surface area contributed by atoms with Crippen molar-refractivity contribution in [1.29, 1.82) is 0 Å². The van der Waals surface area contributed by atoms with Gasteiger partial charge in [-0.15, -0.1) is 0 Å². The monoisotopic (exact) mass is 323 g/mol. The average molecular weight is 323 g/mol. The van der Waals surface area contributed by atoms with Crippen molar-refractivity contribution < 1.29 is 4.79 Å². The summed E-state index contributed by atoms with van der Waals surface area (Å²) in [5, 5.41) is 2.98. The highest BCUT2D eigenvalue weighted by Crippen LogP contribution is 2.21. The summed E-state index contributed by atoms with van der Waals surface area (Å²) >= 11 is 0. The Balaban J connectivity index is 1.76. The van der Waals surface area contributed by atoms with E-state index in [4.69, 9.17) is 0 Å². The SMILES string of the molecule is Cc1ccc(NC(=O)c2cc(N3CCCCCC3)ccn2)c(C)c1. The fourth-order valence-corrected chi connectivity index (χ4v) is 3.21. The van der Waals surface area contributed by atoms with Crippen LogP contribution in [0.15, 0.2) is 36.5 Å². The number of aromatic nitrogens is 1. The van der Waals surface area contributed by atoms with Gasteiger partial charge in [0.1, 0.15) is 5.69 Å². The van der Waals surface area contributed by atoms with E-state index in [-0.39, 0.29) is 5.91 Å². The van der Waals surface area contributed by atoms with Gasteiger partial charge in [-0.05, 0) is 50.5 Å². The Bertz CT molecular complexity index is 719. The number of carbonyl (C=O) groups is 1. The molecule has 1 aliphatic heterocycles. The summed E-state index contributed by atoms with van der Waals surface area (Å²) in [7, 11) is 0. The fraction of sp³-hybridized carbons (Fsp3) is 0.400. The van der Waals surface area contributed by atoms with Crippen LogP contribution in [0.5, 0.6) is 0 Å². The molecule has 2 aromatic rings. The third-order valence-corrected chi connectivity index (χ3v) is 4.58. The summed E-state index contributed by atoms with van der Waals surface area (Å²) in [4.78, 5) is 19.2. The largest absolute Gasteiger partial charge is 0.371 e. The lowest BCUT2D eigenvalue weighted by Gasteiger charge is -2.22. The van der Waals surface area contributed by atoms with E-state index in [2.05, 4.69) is 21.3 Å². The summed E-state index contributed by atoms with van der Waals surface area (Å²) in [6.45, 7) is 6.17. The number of anilines is 2. The molecule has 1 N–H and O–H groups in total. The lowest BCUT2D eigenvalue weighted by molar-refractivity contribution is 0.102. The second-order valence-corrected chi connectivity index (χ2v) is 6.57. The molecular weight excluding hydrogens is 298 g/mol. The van der Waals surface area contributed by atoms with E-state index in [1.807, 2.05) is 38.1 Å². The molecule has 0 atom stereocenters. The smallest absolute Gasteiger partial charge is 0.274 e. The molecule has 4 heteroatoms. The molecule has 1 fully saturated rings. The molecular formula is C20H25N3O. The molecule has 126 valence electrons. The second kappa shape index (κ2) is 7.47. The van der Waals surface area contributed by atoms with Gasteiger partial charge in [0, 0.05) is 30.7 Å². The molecule has 4 nitrogen and oxygen atoms in total. The van der Waals surface area contributed by atoms with E-state index < -0.39 is 0 Å². The first-order chi connectivity index (χ1) is 11.6. The highest BCUT2D eigenvalue weighted by atomic mass is 16.1. The van der Waals surface area contributed by atoms with Gasteiger partial charge in [0.2, 0.25) is 0 Å². The lowest BCUT2D eigenvalue weighted by atomic mass is 10.1. The van der Waals surface area contributed by atoms with Crippen molar-refractivity contribution in [2.24, 2.45) is 0 Å². The average Bonchev–Trinajstić information content (AvgIpc) is 2.87. The molecule has 1 aliphatic rings.